The molecule has 0 spiro atoms. The zero-order valence-corrected chi connectivity index (χ0v) is 11.2. The van der Waals surface area contributed by atoms with Crippen LogP contribution in [0.3, 0.4) is 0 Å². The summed E-state index contributed by atoms with van der Waals surface area (Å²) in [4.78, 5) is 0. The number of hydrogen-bond acceptors (Lipinski definition) is 0. The van der Waals surface area contributed by atoms with E-state index in [0.29, 0.717) is 20.6 Å². The summed E-state index contributed by atoms with van der Waals surface area (Å²) in [7, 11) is 0. The van der Waals surface area contributed by atoms with E-state index in [1.54, 1.807) is 0 Å². The lowest BCUT2D eigenvalue weighted by Crippen LogP contribution is -2.59. The molecule has 0 saturated heterocycles. The van der Waals surface area contributed by atoms with Gasteiger partial charge in [0.1, 0.15) is 0 Å². The lowest BCUT2D eigenvalue weighted by molar-refractivity contribution is -0.121. The molecule has 0 radical (unpaired) electrons. The molecule has 4 aliphatic rings. The molecule has 4 aliphatic carbocycles. The highest BCUT2D eigenvalue weighted by Crippen LogP contribution is 2.72. The first-order valence-electron chi connectivity index (χ1n) is 5.93. The SMILES string of the molecule is CC12CC3(C)CC(C)(C1)CC(Br)(C2)C3. The Morgan fingerprint density at radius 3 is 1.14 bits per heavy atom. The topological polar surface area (TPSA) is 0 Å². The van der Waals surface area contributed by atoms with Crippen molar-refractivity contribution < 1.29 is 0 Å². The molecule has 0 aromatic rings. The van der Waals surface area contributed by atoms with Crippen LogP contribution in [0.5, 0.6) is 0 Å². The Bertz CT molecular complexity index is 198. The summed E-state index contributed by atoms with van der Waals surface area (Å²) in [6, 6.07) is 0. The zero-order chi connectivity index (χ0) is 10.2. The van der Waals surface area contributed by atoms with E-state index >= 15 is 0 Å². The molecule has 0 unspecified atom stereocenters. The summed E-state index contributed by atoms with van der Waals surface area (Å²) in [5.74, 6) is 0. The maximum absolute atomic E-state index is 4.06. The van der Waals surface area contributed by atoms with Gasteiger partial charge in [-0.25, -0.2) is 0 Å². The monoisotopic (exact) mass is 256 g/mol. The van der Waals surface area contributed by atoms with Gasteiger partial charge in [-0.05, 0) is 54.8 Å². The maximum atomic E-state index is 4.06. The van der Waals surface area contributed by atoms with Gasteiger partial charge in [-0.3, -0.25) is 0 Å². The molecule has 0 amide bonds. The van der Waals surface area contributed by atoms with Gasteiger partial charge in [-0.15, -0.1) is 0 Å². The van der Waals surface area contributed by atoms with E-state index < -0.39 is 0 Å². The Kier molecular flexibility index (Phi) is 1.56. The molecule has 4 rings (SSSR count). The second-order valence-electron chi connectivity index (χ2n) is 7.64. The van der Waals surface area contributed by atoms with Crippen LogP contribution in [0.15, 0.2) is 0 Å². The van der Waals surface area contributed by atoms with Gasteiger partial charge in [0.05, 0.1) is 0 Å². The van der Waals surface area contributed by atoms with Crippen molar-refractivity contribution in [2.24, 2.45) is 16.2 Å². The van der Waals surface area contributed by atoms with Crippen molar-refractivity contribution in [1.82, 2.24) is 0 Å². The average molecular weight is 257 g/mol. The molecule has 0 atom stereocenters. The third kappa shape index (κ3) is 1.24. The number of alkyl halides is 1. The van der Waals surface area contributed by atoms with E-state index in [4.69, 9.17) is 0 Å². The fraction of sp³-hybridized carbons (Fsp3) is 1.00. The van der Waals surface area contributed by atoms with Crippen molar-refractivity contribution in [2.45, 2.75) is 63.6 Å². The maximum Gasteiger partial charge on any atom is 0.0273 e. The van der Waals surface area contributed by atoms with Crippen molar-refractivity contribution in [3.8, 4) is 0 Å². The lowest BCUT2D eigenvalue weighted by atomic mass is 9.41. The molecule has 0 aromatic carbocycles. The average Bonchev–Trinajstić information content (AvgIpc) is 1.67. The number of hydrogen-bond donors (Lipinski definition) is 0. The van der Waals surface area contributed by atoms with Crippen LogP contribution in [0.1, 0.15) is 59.3 Å². The number of rotatable bonds is 0. The molecule has 80 valence electrons. The highest BCUT2D eigenvalue weighted by atomic mass is 79.9. The Morgan fingerprint density at radius 1 is 0.643 bits per heavy atom. The number of halogens is 1. The smallest absolute Gasteiger partial charge is 0.0273 e. The fourth-order valence-corrected chi connectivity index (χ4v) is 8.17. The van der Waals surface area contributed by atoms with E-state index in [1.165, 1.54) is 38.5 Å². The summed E-state index contributed by atoms with van der Waals surface area (Å²) in [5, 5.41) is 0. The van der Waals surface area contributed by atoms with Gasteiger partial charge in [0.2, 0.25) is 0 Å². The summed E-state index contributed by atoms with van der Waals surface area (Å²) in [5.41, 5.74) is 1.92. The van der Waals surface area contributed by atoms with Gasteiger partial charge >= 0.3 is 0 Å². The second-order valence-corrected chi connectivity index (χ2v) is 9.33. The Hall–Kier alpha value is 0.480. The van der Waals surface area contributed by atoms with Gasteiger partial charge in [-0.2, -0.15) is 0 Å². The third-order valence-corrected chi connectivity index (χ3v) is 5.63. The van der Waals surface area contributed by atoms with Gasteiger partial charge < -0.3 is 0 Å². The van der Waals surface area contributed by atoms with Crippen LogP contribution in [-0.4, -0.2) is 4.32 Å². The summed E-state index contributed by atoms with van der Waals surface area (Å²) < 4.78 is 0.500. The molecule has 0 aliphatic heterocycles. The van der Waals surface area contributed by atoms with Crippen LogP contribution in [-0.2, 0) is 0 Å². The van der Waals surface area contributed by atoms with Crippen molar-refractivity contribution in [3.05, 3.63) is 0 Å². The van der Waals surface area contributed by atoms with E-state index in [-0.39, 0.29) is 0 Å². The molecule has 4 fully saturated rings. The van der Waals surface area contributed by atoms with Gasteiger partial charge in [0.15, 0.2) is 0 Å². The van der Waals surface area contributed by atoms with E-state index in [1.807, 2.05) is 0 Å². The third-order valence-electron chi connectivity index (χ3n) is 4.79. The van der Waals surface area contributed by atoms with Crippen LogP contribution in [0.2, 0.25) is 0 Å². The molecule has 0 heterocycles. The predicted molar refractivity (Wildman–Crippen MR) is 63.7 cm³/mol. The molecule has 4 bridgehead atoms. The van der Waals surface area contributed by atoms with Crippen LogP contribution in [0, 0.1) is 16.2 Å². The predicted octanol–water partition coefficient (Wildman–Crippen LogP) is 4.52. The summed E-state index contributed by atoms with van der Waals surface area (Å²) in [6.45, 7) is 7.57. The first-order valence-corrected chi connectivity index (χ1v) is 6.72. The fourth-order valence-electron chi connectivity index (χ4n) is 6.14. The van der Waals surface area contributed by atoms with Crippen molar-refractivity contribution in [1.29, 1.82) is 0 Å². The van der Waals surface area contributed by atoms with Crippen molar-refractivity contribution in [2.75, 3.05) is 0 Å². The zero-order valence-electron chi connectivity index (χ0n) is 9.62. The van der Waals surface area contributed by atoms with Crippen LogP contribution in [0.4, 0.5) is 0 Å². The molecule has 0 aromatic heterocycles. The Labute approximate surface area is 96.0 Å². The van der Waals surface area contributed by atoms with Crippen LogP contribution < -0.4 is 0 Å². The minimum absolute atomic E-state index is 0.500. The second kappa shape index (κ2) is 2.26. The van der Waals surface area contributed by atoms with Gasteiger partial charge in [0.25, 0.3) is 0 Å². The van der Waals surface area contributed by atoms with Gasteiger partial charge in [0, 0.05) is 4.32 Å². The highest BCUT2D eigenvalue weighted by Gasteiger charge is 2.63. The summed E-state index contributed by atoms with van der Waals surface area (Å²) in [6.07, 6.45) is 8.69. The van der Waals surface area contributed by atoms with Gasteiger partial charge in [-0.1, -0.05) is 36.7 Å². The molecule has 4 saturated carbocycles. The van der Waals surface area contributed by atoms with Crippen LogP contribution >= 0.6 is 15.9 Å². The Balaban J connectivity index is 2.08. The molecule has 1 heteroatoms. The molecule has 0 N–H and O–H groups in total. The molecular formula is C13H21Br. The standard InChI is InChI=1S/C13H21Br/c1-10-4-11(2)6-12(3,5-10)9-13(14,7-10)8-11/h4-9H2,1-3H3. The largest absolute Gasteiger partial charge is 0.0853 e. The lowest BCUT2D eigenvalue weighted by Gasteiger charge is -2.67. The Morgan fingerprint density at radius 2 is 0.929 bits per heavy atom. The minimum atomic E-state index is 0.500. The van der Waals surface area contributed by atoms with Crippen molar-refractivity contribution >= 4 is 15.9 Å². The summed E-state index contributed by atoms with van der Waals surface area (Å²) >= 11 is 4.06. The highest BCUT2D eigenvalue weighted by molar-refractivity contribution is 9.10. The minimum Gasteiger partial charge on any atom is -0.0853 e. The normalized spacial score (nSPS) is 66.0. The quantitative estimate of drug-likeness (QED) is 0.560. The molecule has 0 nitrogen and oxygen atoms in total. The van der Waals surface area contributed by atoms with E-state index in [9.17, 15) is 0 Å². The molecular weight excluding hydrogens is 236 g/mol. The first-order chi connectivity index (χ1) is 6.24. The van der Waals surface area contributed by atoms with Crippen molar-refractivity contribution in [3.63, 3.8) is 0 Å². The first kappa shape index (κ1) is 9.69. The van der Waals surface area contributed by atoms with E-state index in [2.05, 4.69) is 36.7 Å². The molecule has 14 heavy (non-hydrogen) atoms. The van der Waals surface area contributed by atoms with E-state index in [0.717, 1.165) is 0 Å². The van der Waals surface area contributed by atoms with Crippen LogP contribution in [0.25, 0.3) is 0 Å².